The average Bonchev–Trinajstić information content (AvgIpc) is 2.48. The second-order valence-corrected chi connectivity index (χ2v) is 5.02. The number of guanidine groups is 1. The van der Waals surface area contributed by atoms with Gasteiger partial charge in [0.15, 0.2) is 5.96 Å². The Balaban J connectivity index is 2.27. The summed E-state index contributed by atoms with van der Waals surface area (Å²) in [6, 6.07) is 7.76. The highest BCUT2D eigenvalue weighted by molar-refractivity contribution is 6.30. The molecule has 1 amide bonds. The third kappa shape index (κ3) is 7.56. The predicted octanol–water partition coefficient (Wildman–Crippen LogP) is 1.57. The fourth-order valence-corrected chi connectivity index (χ4v) is 1.94. The zero-order valence-electron chi connectivity index (χ0n) is 12.6. The Labute approximate surface area is 131 Å². The molecule has 1 aromatic rings. The van der Waals surface area contributed by atoms with E-state index in [1.54, 1.807) is 7.05 Å². The summed E-state index contributed by atoms with van der Waals surface area (Å²) in [5, 5.41) is 9.68. The predicted molar refractivity (Wildman–Crippen MR) is 87.8 cm³/mol. The van der Waals surface area contributed by atoms with E-state index in [-0.39, 0.29) is 12.5 Å². The average molecular weight is 311 g/mol. The molecule has 0 saturated carbocycles. The number of rotatable bonds is 7. The molecule has 5 nitrogen and oxygen atoms in total. The molecular formula is C15H23ClN4O. The van der Waals surface area contributed by atoms with Crippen LogP contribution in [-0.2, 0) is 11.2 Å². The molecule has 116 valence electrons. The number of nitrogens with zero attached hydrogens (tertiary/aromatic N) is 1. The maximum Gasteiger partial charge on any atom is 0.239 e. The number of benzene rings is 1. The van der Waals surface area contributed by atoms with Crippen molar-refractivity contribution >= 4 is 23.5 Å². The molecule has 1 aromatic carbocycles. The van der Waals surface area contributed by atoms with Crippen LogP contribution >= 0.6 is 11.6 Å². The summed E-state index contributed by atoms with van der Waals surface area (Å²) in [6.45, 7) is 3.65. The molecule has 0 fully saturated rings. The lowest BCUT2D eigenvalue weighted by Gasteiger charge is -2.12. The van der Waals surface area contributed by atoms with Gasteiger partial charge in [0, 0.05) is 25.2 Å². The van der Waals surface area contributed by atoms with Gasteiger partial charge in [0.2, 0.25) is 5.91 Å². The van der Waals surface area contributed by atoms with Crippen molar-refractivity contribution in [3.05, 3.63) is 34.9 Å². The zero-order chi connectivity index (χ0) is 15.5. The molecule has 0 spiro atoms. The summed E-state index contributed by atoms with van der Waals surface area (Å²) < 4.78 is 0. The van der Waals surface area contributed by atoms with E-state index in [4.69, 9.17) is 11.6 Å². The molecule has 0 bridgehead atoms. The second-order valence-electron chi connectivity index (χ2n) is 4.58. The summed E-state index contributed by atoms with van der Waals surface area (Å²) in [5.41, 5.74) is 1.16. The van der Waals surface area contributed by atoms with Crippen LogP contribution in [-0.4, -0.2) is 38.5 Å². The van der Waals surface area contributed by atoms with Crippen LogP contribution in [0.4, 0.5) is 0 Å². The largest absolute Gasteiger partial charge is 0.356 e. The van der Waals surface area contributed by atoms with E-state index in [9.17, 15) is 4.79 Å². The Morgan fingerprint density at radius 2 is 2.05 bits per heavy atom. The van der Waals surface area contributed by atoms with Gasteiger partial charge < -0.3 is 16.0 Å². The molecule has 0 aliphatic carbocycles. The van der Waals surface area contributed by atoms with Gasteiger partial charge in [-0.05, 0) is 30.5 Å². The minimum Gasteiger partial charge on any atom is -0.356 e. The van der Waals surface area contributed by atoms with Gasteiger partial charge in [-0.3, -0.25) is 9.79 Å². The summed E-state index contributed by atoms with van der Waals surface area (Å²) in [6.07, 6.45) is 1.77. The fraction of sp³-hybridized carbons (Fsp3) is 0.467. The Morgan fingerprint density at radius 1 is 1.24 bits per heavy atom. The van der Waals surface area contributed by atoms with Crippen molar-refractivity contribution in [2.45, 2.75) is 19.8 Å². The van der Waals surface area contributed by atoms with E-state index in [2.05, 4.69) is 20.9 Å². The van der Waals surface area contributed by atoms with Gasteiger partial charge >= 0.3 is 0 Å². The van der Waals surface area contributed by atoms with Crippen LogP contribution in [0.1, 0.15) is 18.9 Å². The highest BCUT2D eigenvalue weighted by Crippen LogP contribution is 2.10. The van der Waals surface area contributed by atoms with Gasteiger partial charge in [-0.1, -0.05) is 30.7 Å². The smallest absolute Gasteiger partial charge is 0.239 e. The second kappa shape index (κ2) is 10.0. The topological polar surface area (TPSA) is 65.5 Å². The lowest BCUT2D eigenvalue weighted by atomic mass is 10.1. The molecule has 0 atom stereocenters. The summed E-state index contributed by atoms with van der Waals surface area (Å²) in [7, 11) is 1.68. The summed E-state index contributed by atoms with van der Waals surface area (Å²) in [5.74, 6) is 0.582. The standard InChI is InChI=1S/C15H23ClN4O/c1-3-8-18-14(21)11-20-15(17-2)19-9-7-12-5-4-6-13(16)10-12/h4-6,10H,3,7-9,11H2,1-2H3,(H,18,21)(H2,17,19,20). The number of aliphatic imine (C=N–C) groups is 1. The Bertz CT molecular complexity index is 476. The summed E-state index contributed by atoms with van der Waals surface area (Å²) in [4.78, 5) is 15.6. The first kappa shape index (κ1) is 17.3. The molecule has 3 N–H and O–H groups in total. The monoisotopic (exact) mass is 310 g/mol. The van der Waals surface area contributed by atoms with Crippen LogP contribution in [0, 0.1) is 0 Å². The molecule has 0 aliphatic heterocycles. The molecule has 1 rings (SSSR count). The van der Waals surface area contributed by atoms with E-state index >= 15 is 0 Å². The number of hydrogen-bond acceptors (Lipinski definition) is 2. The van der Waals surface area contributed by atoms with Gasteiger partial charge in [-0.15, -0.1) is 0 Å². The number of nitrogens with one attached hydrogen (secondary N) is 3. The molecule has 0 aromatic heterocycles. The van der Waals surface area contributed by atoms with E-state index in [0.29, 0.717) is 12.5 Å². The van der Waals surface area contributed by atoms with Gasteiger partial charge in [0.25, 0.3) is 0 Å². The molecular weight excluding hydrogens is 288 g/mol. The lowest BCUT2D eigenvalue weighted by Crippen LogP contribution is -2.43. The number of amides is 1. The maximum absolute atomic E-state index is 11.5. The van der Waals surface area contributed by atoms with Crippen LogP contribution in [0.3, 0.4) is 0 Å². The third-order valence-electron chi connectivity index (χ3n) is 2.81. The first-order valence-electron chi connectivity index (χ1n) is 7.11. The van der Waals surface area contributed by atoms with Gasteiger partial charge in [-0.25, -0.2) is 0 Å². The van der Waals surface area contributed by atoms with Gasteiger partial charge in [0.05, 0.1) is 6.54 Å². The van der Waals surface area contributed by atoms with Crippen molar-refractivity contribution in [2.75, 3.05) is 26.7 Å². The normalized spacial score (nSPS) is 11.1. The van der Waals surface area contributed by atoms with E-state index in [1.807, 2.05) is 31.2 Å². The lowest BCUT2D eigenvalue weighted by molar-refractivity contribution is -0.120. The molecule has 0 radical (unpaired) electrons. The van der Waals surface area contributed by atoms with Crippen LogP contribution in [0.25, 0.3) is 0 Å². The van der Waals surface area contributed by atoms with Gasteiger partial charge in [-0.2, -0.15) is 0 Å². The van der Waals surface area contributed by atoms with Crippen molar-refractivity contribution in [2.24, 2.45) is 4.99 Å². The van der Waals surface area contributed by atoms with Crippen LogP contribution in [0.15, 0.2) is 29.3 Å². The molecule has 6 heteroatoms. The molecule has 0 unspecified atom stereocenters. The SMILES string of the molecule is CCCNC(=O)CNC(=NC)NCCc1cccc(Cl)c1. The first-order valence-corrected chi connectivity index (χ1v) is 7.49. The minimum absolute atomic E-state index is 0.0327. The molecule has 0 aliphatic rings. The van der Waals surface area contributed by atoms with E-state index < -0.39 is 0 Å². The number of carbonyl (C=O) groups is 1. The Morgan fingerprint density at radius 3 is 2.71 bits per heavy atom. The quantitative estimate of drug-likeness (QED) is 0.529. The highest BCUT2D eigenvalue weighted by atomic mass is 35.5. The molecule has 0 saturated heterocycles. The van der Waals surface area contributed by atoms with Crippen molar-refractivity contribution in [1.29, 1.82) is 0 Å². The highest BCUT2D eigenvalue weighted by Gasteiger charge is 2.02. The fourth-order valence-electron chi connectivity index (χ4n) is 1.73. The van der Waals surface area contributed by atoms with Gasteiger partial charge in [0.1, 0.15) is 0 Å². The first-order chi connectivity index (χ1) is 10.2. The van der Waals surface area contributed by atoms with E-state index in [1.165, 1.54) is 0 Å². The number of carbonyl (C=O) groups excluding carboxylic acids is 1. The van der Waals surface area contributed by atoms with Crippen LogP contribution < -0.4 is 16.0 Å². The van der Waals surface area contributed by atoms with Crippen LogP contribution in [0.2, 0.25) is 5.02 Å². The van der Waals surface area contributed by atoms with Crippen molar-refractivity contribution in [1.82, 2.24) is 16.0 Å². The minimum atomic E-state index is -0.0327. The maximum atomic E-state index is 11.5. The Kier molecular flexibility index (Phi) is 8.28. The summed E-state index contributed by atoms with van der Waals surface area (Å²) >= 11 is 5.94. The van der Waals surface area contributed by atoms with E-state index in [0.717, 1.165) is 30.0 Å². The van der Waals surface area contributed by atoms with Crippen molar-refractivity contribution in [3.8, 4) is 0 Å². The number of hydrogen-bond donors (Lipinski definition) is 3. The molecule has 0 heterocycles. The zero-order valence-corrected chi connectivity index (χ0v) is 13.3. The van der Waals surface area contributed by atoms with Crippen LogP contribution in [0.5, 0.6) is 0 Å². The third-order valence-corrected chi connectivity index (χ3v) is 3.04. The van der Waals surface area contributed by atoms with Crippen molar-refractivity contribution in [3.63, 3.8) is 0 Å². The van der Waals surface area contributed by atoms with Crippen molar-refractivity contribution < 1.29 is 4.79 Å². The number of halogens is 1. The Hall–Kier alpha value is -1.75. The molecule has 21 heavy (non-hydrogen) atoms.